The van der Waals surface area contributed by atoms with Crippen molar-refractivity contribution in [1.82, 2.24) is 0 Å². The molecular weight excluding hydrogens is 416 g/mol. The maximum Gasteiger partial charge on any atom is 0.134 e. The van der Waals surface area contributed by atoms with Crippen molar-refractivity contribution < 1.29 is 4.42 Å². The first kappa shape index (κ1) is 21.1. The molecule has 0 spiro atoms. The lowest BCUT2D eigenvalue weighted by Crippen LogP contribution is -2.09. The number of hydrogen-bond acceptors (Lipinski definition) is 3. The Kier molecular flexibility index (Phi) is 6.05. The lowest BCUT2D eigenvalue weighted by atomic mass is 9.99. The number of hydrogen-bond donors (Lipinski definition) is 0. The van der Waals surface area contributed by atoms with Crippen LogP contribution in [0.15, 0.2) is 132 Å². The lowest BCUT2D eigenvalue weighted by Gasteiger charge is -2.25. The molecule has 0 unspecified atom stereocenters. The van der Waals surface area contributed by atoms with Crippen LogP contribution in [0.3, 0.4) is 0 Å². The normalized spacial score (nSPS) is 11.1. The smallest absolute Gasteiger partial charge is 0.134 e. The highest BCUT2D eigenvalue weighted by Crippen LogP contribution is 2.35. The second-order valence-corrected chi connectivity index (χ2v) is 7.82. The first-order chi connectivity index (χ1) is 16.8. The van der Waals surface area contributed by atoms with Gasteiger partial charge in [-0.05, 0) is 77.9 Å². The van der Waals surface area contributed by atoms with E-state index in [1.54, 1.807) is 6.26 Å². The monoisotopic (exact) mass is 438 g/mol. The van der Waals surface area contributed by atoms with Gasteiger partial charge in [-0.2, -0.15) is 5.26 Å². The molecule has 0 bridgehead atoms. The summed E-state index contributed by atoms with van der Waals surface area (Å²) in [5, 5.41) is 9.13. The highest BCUT2D eigenvalue weighted by Gasteiger charge is 2.12. The highest BCUT2D eigenvalue weighted by molar-refractivity contribution is 5.90. The largest absolute Gasteiger partial charge is 0.464 e. The number of furan rings is 1. The van der Waals surface area contributed by atoms with E-state index in [9.17, 15) is 0 Å². The zero-order chi connectivity index (χ0) is 23.2. The maximum atomic E-state index is 9.13. The Morgan fingerprint density at radius 2 is 1.24 bits per heavy atom. The number of anilines is 3. The van der Waals surface area contributed by atoms with Crippen LogP contribution in [0.25, 0.3) is 11.6 Å². The fourth-order valence-electron chi connectivity index (χ4n) is 3.94. The Morgan fingerprint density at radius 1 is 0.647 bits per heavy atom. The van der Waals surface area contributed by atoms with Crippen LogP contribution in [-0.2, 0) is 0 Å². The molecule has 0 aliphatic heterocycles. The van der Waals surface area contributed by atoms with Gasteiger partial charge in [0.2, 0.25) is 0 Å². The van der Waals surface area contributed by atoms with E-state index in [1.165, 1.54) is 0 Å². The molecule has 0 fully saturated rings. The molecule has 3 heteroatoms. The molecule has 4 aromatic carbocycles. The molecule has 0 saturated heterocycles. The summed E-state index contributed by atoms with van der Waals surface area (Å²) in [5.74, 6) is 0.781. The Bertz CT molecular complexity index is 1370. The summed E-state index contributed by atoms with van der Waals surface area (Å²) >= 11 is 0. The molecule has 0 aliphatic carbocycles. The fraction of sp³-hybridized carbons (Fsp3) is 0. The van der Waals surface area contributed by atoms with E-state index < -0.39 is 0 Å². The number of nitriles is 1. The van der Waals surface area contributed by atoms with Crippen LogP contribution < -0.4 is 4.90 Å². The van der Waals surface area contributed by atoms with Gasteiger partial charge in [0.15, 0.2) is 0 Å². The topological polar surface area (TPSA) is 40.2 Å². The maximum absolute atomic E-state index is 9.13. The van der Waals surface area contributed by atoms with Gasteiger partial charge in [-0.1, -0.05) is 60.7 Å². The van der Waals surface area contributed by atoms with E-state index in [1.807, 2.05) is 48.5 Å². The molecule has 0 N–H and O–H groups in total. The quantitative estimate of drug-likeness (QED) is 0.251. The van der Waals surface area contributed by atoms with Crippen LogP contribution in [0.1, 0.15) is 22.5 Å². The first-order valence-corrected chi connectivity index (χ1v) is 11.1. The van der Waals surface area contributed by atoms with Crippen LogP contribution in [0.4, 0.5) is 17.1 Å². The third kappa shape index (κ3) is 4.53. The third-order valence-corrected chi connectivity index (χ3v) is 5.60. The summed E-state index contributed by atoms with van der Waals surface area (Å²) in [6.07, 6.45) is 3.78. The summed E-state index contributed by atoms with van der Waals surface area (Å²) in [7, 11) is 0. The van der Waals surface area contributed by atoms with Crippen molar-refractivity contribution in [1.29, 1.82) is 5.26 Å². The molecule has 1 heterocycles. The van der Waals surface area contributed by atoms with Crippen LogP contribution in [0.5, 0.6) is 0 Å². The van der Waals surface area contributed by atoms with Gasteiger partial charge in [-0.3, -0.25) is 0 Å². The Labute approximate surface area is 199 Å². The van der Waals surface area contributed by atoms with Crippen molar-refractivity contribution >= 4 is 28.7 Å². The summed E-state index contributed by atoms with van der Waals surface area (Å²) in [6.45, 7) is 0. The van der Waals surface area contributed by atoms with Crippen LogP contribution in [-0.4, -0.2) is 0 Å². The molecule has 162 valence electrons. The Morgan fingerprint density at radius 3 is 1.76 bits per heavy atom. The van der Waals surface area contributed by atoms with Gasteiger partial charge in [-0.15, -0.1) is 0 Å². The van der Waals surface area contributed by atoms with Crippen LogP contribution >= 0.6 is 0 Å². The van der Waals surface area contributed by atoms with Crippen molar-refractivity contribution in [2.45, 2.75) is 0 Å². The molecule has 3 nitrogen and oxygen atoms in total. The molecule has 34 heavy (non-hydrogen) atoms. The van der Waals surface area contributed by atoms with Gasteiger partial charge >= 0.3 is 0 Å². The highest BCUT2D eigenvalue weighted by atomic mass is 16.3. The van der Waals surface area contributed by atoms with Gasteiger partial charge in [0.1, 0.15) is 5.76 Å². The van der Waals surface area contributed by atoms with Gasteiger partial charge in [0, 0.05) is 22.6 Å². The van der Waals surface area contributed by atoms with Gasteiger partial charge in [-0.25, -0.2) is 0 Å². The minimum atomic E-state index is 0.633. The molecule has 1 aromatic heterocycles. The van der Waals surface area contributed by atoms with Crippen LogP contribution in [0.2, 0.25) is 0 Å². The Balaban J connectivity index is 1.53. The zero-order valence-electron chi connectivity index (χ0n) is 18.5. The fourth-order valence-corrected chi connectivity index (χ4v) is 3.94. The summed E-state index contributed by atoms with van der Waals surface area (Å²) in [5.41, 5.74) is 6.93. The third-order valence-electron chi connectivity index (χ3n) is 5.60. The Hall–Kier alpha value is -4.81. The SMILES string of the molecule is N#Cc1ccc(C(=Cc2ccc(N(c3ccccc3)c3ccccc3)cc2)c2ccco2)cc1. The van der Waals surface area contributed by atoms with E-state index in [4.69, 9.17) is 9.68 Å². The summed E-state index contributed by atoms with van der Waals surface area (Å²) in [6, 6.07) is 42.8. The van der Waals surface area contributed by atoms with E-state index in [0.29, 0.717) is 5.56 Å². The summed E-state index contributed by atoms with van der Waals surface area (Å²) < 4.78 is 5.71. The molecule has 0 amide bonds. The minimum absolute atomic E-state index is 0.633. The second-order valence-electron chi connectivity index (χ2n) is 7.82. The van der Waals surface area contributed by atoms with E-state index in [-0.39, 0.29) is 0 Å². The predicted molar refractivity (Wildman–Crippen MR) is 138 cm³/mol. The molecular formula is C31H22N2O. The van der Waals surface area contributed by atoms with Gasteiger partial charge in [0.05, 0.1) is 17.9 Å². The van der Waals surface area contributed by atoms with Crippen molar-refractivity contribution in [3.05, 3.63) is 150 Å². The molecule has 5 rings (SSSR count). The predicted octanol–water partition coefficient (Wildman–Crippen LogP) is 8.21. The molecule has 0 saturated carbocycles. The van der Waals surface area contributed by atoms with Crippen molar-refractivity contribution in [3.63, 3.8) is 0 Å². The van der Waals surface area contributed by atoms with Gasteiger partial charge in [0.25, 0.3) is 0 Å². The first-order valence-electron chi connectivity index (χ1n) is 11.1. The molecule has 0 aliphatic rings. The lowest BCUT2D eigenvalue weighted by molar-refractivity contribution is 0.554. The molecule has 0 radical (unpaired) electrons. The number of rotatable bonds is 6. The van der Waals surface area contributed by atoms with Gasteiger partial charge < -0.3 is 9.32 Å². The zero-order valence-corrected chi connectivity index (χ0v) is 18.5. The molecule has 5 aromatic rings. The standard InChI is InChI=1S/C31H22N2O/c32-23-25-13-17-26(18-14-25)30(31-12-7-21-34-31)22-24-15-19-29(20-16-24)33(27-8-3-1-4-9-27)28-10-5-2-6-11-28/h1-22H. The van der Waals surface area contributed by atoms with E-state index in [0.717, 1.165) is 39.5 Å². The number of nitrogens with zero attached hydrogens (tertiary/aromatic N) is 2. The average molecular weight is 439 g/mol. The summed E-state index contributed by atoms with van der Waals surface area (Å²) in [4.78, 5) is 2.24. The van der Waals surface area contributed by atoms with Crippen LogP contribution in [0, 0.1) is 11.3 Å². The number of para-hydroxylation sites is 2. The minimum Gasteiger partial charge on any atom is -0.464 e. The number of benzene rings is 4. The van der Waals surface area contributed by atoms with E-state index in [2.05, 4.69) is 89.8 Å². The average Bonchev–Trinajstić information content (AvgIpc) is 3.44. The van der Waals surface area contributed by atoms with E-state index >= 15 is 0 Å². The van der Waals surface area contributed by atoms with Crippen molar-refractivity contribution in [2.75, 3.05) is 4.90 Å². The van der Waals surface area contributed by atoms with Crippen molar-refractivity contribution in [3.8, 4) is 6.07 Å². The molecule has 0 atom stereocenters. The van der Waals surface area contributed by atoms with Crippen molar-refractivity contribution in [2.24, 2.45) is 0 Å². The second kappa shape index (κ2) is 9.77.